The molecule has 0 aliphatic heterocycles. The summed E-state index contributed by atoms with van der Waals surface area (Å²) in [5, 5.41) is 8.32. The summed E-state index contributed by atoms with van der Waals surface area (Å²) in [6.07, 6.45) is -4.90. The summed E-state index contributed by atoms with van der Waals surface area (Å²) in [7, 11) is 0. The van der Waals surface area contributed by atoms with Crippen molar-refractivity contribution in [2.75, 3.05) is 6.61 Å². The van der Waals surface area contributed by atoms with Crippen molar-refractivity contribution in [3.63, 3.8) is 0 Å². The third kappa shape index (κ3) is 3.53. The van der Waals surface area contributed by atoms with Crippen molar-refractivity contribution in [1.29, 1.82) is 0 Å². The quantitative estimate of drug-likeness (QED) is 0.491. The van der Waals surface area contributed by atoms with Gasteiger partial charge in [-0.15, -0.1) is 0 Å². The SMILES string of the molecule is CCCC(F)(F)C(F)(F)C(F)(F)C(F)(F)CCCCO. The molecule has 0 heterocycles. The van der Waals surface area contributed by atoms with Crippen LogP contribution in [-0.4, -0.2) is 35.4 Å². The first-order valence-electron chi connectivity index (χ1n) is 5.99. The Kier molecular flexibility index (Phi) is 6.25. The minimum atomic E-state index is -6.17. The lowest BCUT2D eigenvalue weighted by Gasteiger charge is -2.36. The van der Waals surface area contributed by atoms with E-state index < -0.39 is 56.0 Å². The molecule has 0 aromatic rings. The molecular weight excluding hydrogens is 300 g/mol. The summed E-state index contributed by atoms with van der Waals surface area (Å²) in [5.74, 6) is -22.8. The van der Waals surface area contributed by atoms with Crippen LogP contribution < -0.4 is 0 Å². The Hall–Kier alpha value is -0.600. The molecule has 9 heteroatoms. The number of aliphatic hydroxyl groups excluding tert-OH is 1. The van der Waals surface area contributed by atoms with E-state index >= 15 is 0 Å². The zero-order valence-electron chi connectivity index (χ0n) is 10.7. The average Bonchev–Trinajstić information content (AvgIpc) is 2.28. The van der Waals surface area contributed by atoms with Crippen molar-refractivity contribution >= 4 is 0 Å². The molecule has 0 aromatic heterocycles. The first-order chi connectivity index (χ1) is 8.87. The van der Waals surface area contributed by atoms with Crippen LogP contribution in [0.3, 0.4) is 0 Å². The highest BCUT2D eigenvalue weighted by molar-refractivity contribution is 5.03. The van der Waals surface area contributed by atoms with Gasteiger partial charge in [0.2, 0.25) is 0 Å². The molecule has 0 aliphatic rings. The molecule has 1 N–H and O–H groups in total. The van der Waals surface area contributed by atoms with Crippen molar-refractivity contribution in [2.24, 2.45) is 0 Å². The van der Waals surface area contributed by atoms with E-state index in [-0.39, 0.29) is 6.42 Å². The van der Waals surface area contributed by atoms with Crippen molar-refractivity contribution in [3.8, 4) is 0 Å². The van der Waals surface area contributed by atoms with Crippen molar-refractivity contribution in [3.05, 3.63) is 0 Å². The van der Waals surface area contributed by atoms with Crippen LogP contribution in [0.5, 0.6) is 0 Å². The van der Waals surface area contributed by atoms with E-state index in [1.165, 1.54) is 0 Å². The molecular formula is C11H16F8O. The highest BCUT2D eigenvalue weighted by Crippen LogP contribution is 2.55. The van der Waals surface area contributed by atoms with Gasteiger partial charge >= 0.3 is 23.7 Å². The zero-order valence-corrected chi connectivity index (χ0v) is 10.7. The van der Waals surface area contributed by atoms with E-state index in [9.17, 15) is 35.1 Å². The number of unbranched alkanes of at least 4 members (excludes halogenated alkanes) is 1. The van der Waals surface area contributed by atoms with Gasteiger partial charge in [0, 0.05) is 19.4 Å². The Morgan fingerprint density at radius 1 is 0.700 bits per heavy atom. The minimum Gasteiger partial charge on any atom is -0.396 e. The molecule has 0 aromatic carbocycles. The molecule has 0 aliphatic carbocycles. The number of rotatable bonds is 9. The second kappa shape index (κ2) is 6.44. The predicted molar refractivity (Wildman–Crippen MR) is 55.6 cm³/mol. The largest absolute Gasteiger partial charge is 0.396 e. The van der Waals surface area contributed by atoms with Gasteiger partial charge in [0.25, 0.3) is 0 Å². The molecule has 0 saturated carbocycles. The summed E-state index contributed by atoms with van der Waals surface area (Å²) in [5.41, 5.74) is 0. The van der Waals surface area contributed by atoms with Gasteiger partial charge in [-0.05, 0) is 12.8 Å². The van der Waals surface area contributed by atoms with Gasteiger partial charge in [0.05, 0.1) is 0 Å². The molecule has 20 heavy (non-hydrogen) atoms. The smallest absolute Gasteiger partial charge is 0.378 e. The number of halogens is 8. The van der Waals surface area contributed by atoms with Crippen molar-refractivity contribution in [2.45, 2.75) is 62.7 Å². The van der Waals surface area contributed by atoms with Gasteiger partial charge in [0.1, 0.15) is 0 Å². The first kappa shape index (κ1) is 19.4. The van der Waals surface area contributed by atoms with Crippen LogP contribution in [0.2, 0.25) is 0 Å². The third-order valence-electron chi connectivity index (χ3n) is 2.78. The van der Waals surface area contributed by atoms with Gasteiger partial charge in [-0.1, -0.05) is 13.3 Å². The Labute approximate surface area is 111 Å². The summed E-state index contributed by atoms with van der Waals surface area (Å²) >= 11 is 0. The molecule has 0 atom stereocenters. The molecule has 1 nitrogen and oxygen atoms in total. The Morgan fingerprint density at radius 2 is 1.10 bits per heavy atom. The molecule has 0 bridgehead atoms. The van der Waals surface area contributed by atoms with E-state index in [2.05, 4.69) is 0 Å². The van der Waals surface area contributed by atoms with E-state index in [4.69, 9.17) is 5.11 Å². The maximum absolute atomic E-state index is 13.2. The second-order valence-electron chi connectivity index (χ2n) is 4.49. The number of alkyl halides is 8. The Balaban J connectivity index is 5.26. The fourth-order valence-corrected chi connectivity index (χ4v) is 1.55. The molecule has 0 radical (unpaired) electrons. The van der Waals surface area contributed by atoms with Crippen LogP contribution in [0.15, 0.2) is 0 Å². The number of aliphatic hydroxyl groups is 1. The van der Waals surface area contributed by atoms with E-state index in [1.54, 1.807) is 0 Å². The Bertz CT molecular complexity index is 303. The maximum Gasteiger partial charge on any atom is 0.378 e. The molecule has 122 valence electrons. The van der Waals surface area contributed by atoms with E-state index in [1.807, 2.05) is 0 Å². The van der Waals surface area contributed by atoms with Crippen molar-refractivity contribution in [1.82, 2.24) is 0 Å². The summed E-state index contributed by atoms with van der Waals surface area (Å²) < 4.78 is 105. The van der Waals surface area contributed by atoms with Gasteiger partial charge in [-0.25, -0.2) is 0 Å². The highest BCUT2D eigenvalue weighted by Gasteiger charge is 2.79. The lowest BCUT2D eigenvalue weighted by atomic mass is 9.93. The minimum absolute atomic E-state index is 0.317. The van der Waals surface area contributed by atoms with Crippen LogP contribution in [-0.2, 0) is 0 Å². The van der Waals surface area contributed by atoms with Crippen LogP contribution in [0, 0.1) is 0 Å². The summed E-state index contributed by atoms with van der Waals surface area (Å²) in [4.78, 5) is 0. The van der Waals surface area contributed by atoms with E-state index in [0.29, 0.717) is 0 Å². The van der Waals surface area contributed by atoms with Gasteiger partial charge in [0.15, 0.2) is 0 Å². The highest BCUT2D eigenvalue weighted by atomic mass is 19.4. The number of hydrogen-bond donors (Lipinski definition) is 1. The molecule has 0 unspecified atom stereocenters. The van der Waals surface area contributed by atoms with Crippen LogP contribution in [0.1, 0.15) is 39.0 Å². The fraction of sp³-hybridized carbons (Fsp3) is 1.00. The lowest BCUT2D eigenvalue weighted by Crippen LogP contribution is -2.62. The number of hydrogen-bond acceptors (Lipinski definition) is 1. The van der Waals surface area contributed by atoms with Gasteiger partial charge in [-0.3, -0.25) is 0 Å². The Morgan fingerprint density at radius 3 is 1.45 bits per heavy atom. The average molecular weight is 316 g/mol. The lowest BCUT2D eigenvalue weighted by molar-refractivity contribution is -0.368. The van der Waals surface area contributed by atoms with Crippen molar-refractivity contribution < 1.29 is 40.2 Å². The molecule has 0 amide bonds. The summed E-state index contributed by atoms with van der Waals surface area (Å²) in [6.45, 7) is 0.450. The topological polar surface area (TPSA) is 20.2 Å². The molecule has 0 rings (SSSR count). The van der Waals surface area contributed by atoms with Gasteiger partial charge < -0.3 is 5.11 Å². The molecule has 0 spiro atoms. The fourth-order valence-electron chi connectivity index (χ4n) is 1.55. The predicted octanol–water partition coefficient (Wildman–Crippen LogP) is 4.49. The molecule has 0 fully saturated rings. The normalized spacial score (nSPS) is 14.7. The monoisotopic (exact) mass is 316 g/mol. The van der Waals surface area contributed by atoms with E-state index in [0.717, 1.165) is 6.92 Å². The van der Waals surface area contributed by atoms with Gasteiger partial charge in [-0.2, -0.15) is 35.1 Å². The van der Waals surface area contributed by atoms with Crippen LogP contribution in [0.4, 0.5) is 35.1 Å². The zero-order chi connectivity index (χ0) is 16.2. The third-order valence-corrected chi connectivity index (χ3v) is 2.78. The summed E-state index contributed by atoms with van der Waals surface area (Å²) in [6, 6.07) is 0. The van der Waals surface area contributed by atoms with Crippen LogP contribution in [0.25, 0.3) is 0 Å². The van der Waals surface area contributed by atoms with Crippen LogP contribution >= 0.6 is 0 Å². The standard InChI is InChI=1S/C11H16F8O/c1-2-5-8(12,13)10(16,17)11(18,19)9(14,15)6-3-4-7-20/h20H,2-7H2,1H3. The molecule has 0 saturated heterocycles. The first-order valence-corrected chi connectivity index (χ1v) is 5.99. The maximum atomic E-state index is 13.2. The second-order valence-corrected chi connectivity index (χ2v) is 4.49.